The molecule has 25 heavy (non-hydrogen) atoms. The molecule has 3 N–H and O–H groups in total. The van der Waals surface area contributed by atoms with Crippen molar-refractivity contribution in [1.82, 2.24) is 4.31 Å². The number of rotatable bonds is 4. The fourth-order valence-corrected chi connectivity index (χ4v) is 6.46. The fraction of sp³-hybridized carbons (Fsp3) is 0.533. The maximum atomic E-state index is 13.1. The summed E-state index contributed by atoms with van der Waals surface area (Å²) < 4.78 is 50.3. The predicted octanol–water partition coefficient (Wildman–Crippen LogP) is 0.740. The highest BCUT2D eigenvalue weighted by atomic mass is 32.2. The zero-order valence-corrected chi connectivity index (χ0v) is 15.0. The third-order valence-corrected chi connectivity index (χ3v) is 7.86. The summed E-state index contributed by atoms with van der Waals surface area (Å²) in [5.74, 6) is -1.16. The second-order valence-electron chi connectivity index (χ2n) is 6.56. The number of primary sulfonamides is 1. The molecule has 3 unspecified atom stereocenters. The van der Waals surface area contributed by atoms with Crippen LogP contribution in [0, 0.1) is 5.92 Å². The topological polar surface area (TPSA) is 135 Å². The molecular weight excluding hydrogens is 368 g/mol. The molecule has 2 fully saturated rings. The molecule has 0 spiro atoms. The second kappa shape index (κ2) is 6.35. The van der Waals surface area contributed by atoms with E-state index in [4.69, 9.17) is 5.14 Å². The molecular formula is C15H20N2O6S2. The highest BCUT2D eigenvalue weighted by molar-refractivity contribution is 7.90. The minimum absolute atomic E-state index is 0.0195. The Labute approximate surface area is 146 Å². The number of carbonyl (C=O) groups is 1. The molecule has 1 aromatic carbocycles. The lowest BCUT2D eigenvalue weighted by molar-refractivity contribution is -0.141. The molecule has 1 saturated heterocycles. The summed E-state index contributed by atoms with van der Waals surface area (Å²) in [5.41, 5.74) is 0. The van der Waals surface area contributed by atoms with Crippen molar-refractivity contribution in [2.75, 3.05) is 0 Å². The van der Waals surface area contributed by atoms with E-state index >= 15 is 0 Å². The molecule has 0 bridgehead atoms. The van der Waals surface area contributed by atoms with Crippen LogP contribution in [0.2, 0.25) is 0 Å². The van der Waals surface area contributed by atoms with Gasteiger partial charge in [-0.15, -0.1) is 0 Å². The molecule has 1 aromatic rings. The van der Waals surface area contributed by atoms with Gasteiger partial charge in [0.05, 0.1) is 9.79 Å². The number of sulfonamides is 2. The maximum Gasteiger partial charge on any atom is 0.322 e. The number of nitrogens with zero attached hydrogens (tertiary/aromatic N) is 1. The zero-order chi connectivity index (χ0) is 18.4. The molecule has 0 aromatic heterocycles. The van der Waals surface area contributed by atoms with E-state index in [1.54, 1.807) is 0 Å². The van der Waals surface area contributed by atoms with E-state index in [2.05, 4.69) is 0 Å². The van der Waals surface area contributed by atoms with Crippen molar-refractivity contribution < 1.29 is 26.7 Å². The second-order valence-corrected chi connectivity index (χ2v) is 9.96. The number of carboxylic acids is 1. The van der Waals surface area contributed by atoms with E-state index in [1.165, 1.54) is 18.2 Å². The molecule has 0 radical (unpaired) electrons. The third-order valence-electron chi connectivity index (χ3n) is 5.02. The lowest BCUT2D eigenvalue weighted by Gasteiger charge is -2.32. The van der Waals surface area contributed by atoms with E-state index in [9.17, 15) is 26.7 Å². The molecule has 1 aliphatic heterocycles. The van der Waals surface area contributed by atoms with Crippen LogP contribution in [0.25, 0.3) is 0 Å². The summed E-state index contributed by atoms with van der Waals surface area (Å²) in [5, 5.41) is 14.6. The first-order chi connectivity index (χ1) is 11.6. The van der Waals surface area contributed by atoms with Crippen LogP contribution in [0.3, 0.4) is 0 Å². The molecule has 138 valence electrons. The quantitative estimate of drug-likeness (QED) is 0.781. The number of hydrogen-bond acceptors (Lipinski definition) is 5. The number of hydrogen-bond donors (Lipinski definition) is 2. The first kappa shape index (κ1) is 18.3. The minimum Gasteiger partial charge on any atom is -0.480 e. The van der Waals surface area contributed by atoms with Crippen LogP contribution in [0.15, 0.2) is 34.1 Å². The fourth-order valence-electron chi connectivity index (χ4n) is 3.91. The summed E-state index contributed by atoms with van der Waals surface area (Å²) in [7, 11) is -8.22. The Kier molecular flexibility index (Phi) is 4.65. The van der Waals surface area contributed by atoms with Gasteiger partial charge in [0.25, 0.3) is 0 Å². The van der Waals surface area contributed by atoms with Crippen molar-refractivity contribution in [3.8, 4) is 0 Å². The largest absolute Gasteiger partial charge is 0.480 e. The van der Waals surface area contributed by atoms with Gasteiger partial charge in [-0.05, 0) is 43.4 Å². The van der Waals surface area contributed by atoms with Gasteiger partial charge in [0, 0.05) is 6.04 Å². The van der Waals surface area contributed by atoms with Crippen LogP contribution in [0.1, 0.15) is 32.1 Å². The molecule has 10 heteroatoms. The molecule has 3 rings (SSSR count). The van der Waals surface area contributed by atoms with Crippen LogP contribution in [-0.2, 0) is 24.8 Å². The summed E-state index contributed by atoms with van der Waals surface area (Å²) in [6, 6.07) is 3.25. The van der Waals surface area contributed by atoms with Crippen LogP contribution in [0.4, 0.5) is 0 Å². The summed E-state index contributed by atoms with van der Waals surface area (Å²) in [4.78, 5) is 11.1. The van der Waals surface area contributed by atoms with Gasteiger partial charge in [-0.2, -0.15) is 4.31 Å². The first-order valence-corrected chi connectivity index (χ1v) is 11.0. The Morgan fingerprint density at radius 1 is 1.12 bits per heavy atom. The Balaban J connectivity index is 2.07. The number of aliphatic carboxylic acids is 1. The van der Waals surface area contributed by atoms with Gasteiger partial charge < -0.3 is 5.11 Å². The number of carboxylic acid groups (broad SMARTS) is 1. The SMILES string of the molecule is NS(=O)(=O)c1cccc(S(=O)(=O)N2C(C(=O)O)CC3CCCCC32)c1. The Bertz CT molecular complexity index is 896. The van der Waals surface area contributed by atoms with Crippen LogP contribution in [0.5, 0.6) is 0 Å². The summed E-state index contributed by atoms with van der Waals surface area (Å²) in [6.45, 7) is 0. The van der Waals surface area contributed by atoms with E-state index in [0.29, 0.717) is 6.42 Å². The van der Waals surface area contributed by atoms with Crippen LogP contribution in [-0.4, -0.2) is 44.3 Å². The van der Waals surface area contributed by atoms with Crippen molar-refractivity contribution in [2.45, 2.75) is 54.0 Å². The van der Waals surface area contributed by atoms with Crippen LogP contribution >= 0.6 is 0 Å². The van der Waals surface area contributed by atoms with E-state index in [-0.39, 0.29) is 28.2 Å². The number of fused-ring (bicyclic) bond motifs is 1. The molecule has 8 nitrogen and oxygen atoms in total. The Morgan fingerprint density at radius 2 is 1.76 bits per heavy atom. The molecule has 1 saturated carbocycles. The highest BCUT2D eigenvalue weighted by Gasteiger charge is 2.51. The average molecular weight is 388 g/mol. The zero-order valence-electron chi connectivity index (χ0n) is 13.4. The smallest absolute Gasteiger partial charge is 0.322 e. The van der Waals surface area contributed by atoms with Gasteiger partial charge in [-0.3, -0.25) is 4.79 Å². The molecule has 1 aliphatic carbocycles. The van der Waals surface area contributed by atoms with Crippen molar-refractivity contribution in [2.24, 2.45) is 11.1 Å². The number of benzene rings is 1. The third kappa shape index (κ3) is 3.31. The van der Waals surface area contributed by atoms with Crippen molar-refractivity contribution >= 4 is 26.0 Å². The van der Waals surface area contributed by atoms with Crippen molar-refractivity contribution in [1.29, 1.82) is 0 Å². The maximum absolute atomic E-state index is 13.1. The van der Waals surface area contributed by atoms with Gasteiger partial charge in [-0.25, -0.2) is 22.0 Å². The normalized spacial score (nSPS) is 27.8. The molecule has 1 heterocycles. The molecule has 0 amide bonds. The molecule has 2 aliphatic rings. The highest BCUT2D eigenvalue weighted by Crippen LogP contribution is 2.42. The van der Waals surface area contributed by atoms with Gasteiger partial charge in [0.1, 0.15) is 6.04 Å². The van der Waals surface area contributed by atoms with Crippen molar-refractivity contribution in [3.63, 3.8) is 0 Å². The van der Waals surface area contributed by atoms with Gasteiger partial charge in [0.15, 0.2) is 0 Å². The van der Waals surface area contributed by atoms with Crippen LogP contribution < -0.4 is 5.14 Å². The lowest BCUT2D eigenvalue weighted by atomic mass is 9.85. The van der Waals surface area contributed by atoms with E-state index in [1.807, 2.05) is 0 Å². The monoisotopic (exact) mass is 388 g/mol. The van der Waals surface area contributed by atoms with Gasteiger partial charge >= 0.3 is 5.97 Å². The minimum atomic E-state index is -4.15. The van der Waals surface area contributed by atoms with E-state index < -0.39 is 32.1 Å². The lowest BCUT2D eigenvalue weighted by Crippen LogP contribution is -2.46. The Hall–Kier alpha value is -1.49. The number of nitrogens with two attached hydrogens (primary N) is 1. The standard InChI is InChI=1S/C15H20N2O6S2/c16-24(20,21)11-5-3-6-12(9-11)25(22,23)17-13-7-2-1-4-10(13)8-14(17)15(18)19/h3,5-6,9-10,13-14H,1-2,4,7-8H2,(H,18,19)(H2,16,20,21). The Morgan fingerprint density at radius 3 is 2.40 bits per heavy atom. The van der Waals surface area contributed by atoms with Crippen molar-refractivity contribution in [3.05, 3.63) is 24.3 Å². The summed E-state index contributed by atoms with van der Waals surface area (Å²) in [6.07, 6.45) is 3.51. The average Bonchev–Trinajstić information content (AvgIpc) is 2.94. The summed E-state index contributed by atoms with van der Waals surface area (Å²) >= 11 is 0. The molecule has 3 atom stereocenters. The van der Waals surface area contributed by atoms with Gasteiger partial charge in [-0.1, -0.05) is 18.9 Å². The predicted molar refractivity (Wildman–Crippen MR) is 88.6 cm³/mol. The van der Waals surface area contributed by atoms with E-state index in [0.717, 1.165) is 29.6 Å². The van der Waals surface area contributed by atoms with Gasteiger partial charge in [0.2, 0.25) is 20.0 Å². The first-order valence-electron chi connectivity index (χ1n) is 8.01.